The summed E-state index contributed by atoms with van der Waals surface area (Å²) in [6.45, 7) is 15.5. The van der Waals surface area contributed by atoms with Crippen molar-refractivity contribution in [3.05, 3.63) is 30.1 Å². The number of nitrogens with zero attached hydrogens (tertiary/aromatic N) is 4. The highest BCUT2D eigenvalue weighted by Crippen LogP contribution is 2.17. The van der Waals surface area contributed by atoms with Crippen molar-refractivity contribution >= 4 is 11.6 Å². The van der Waals surface area contributed by atoms with E-state index >= 15 is 0 Å². The number of halogens is 1. The molecule has 2 rings (SSSR count). The molecule has 27 heavy (non-hydrogen) atoms. The largest absolute Gasteiger partial charge is 0.368 e. The zero-order valence-electron chi connectivity index (χ0n) is 17.3. The van der Waals surface area contributed by atoms with E-state index in [-0.39, 0.29) is 5.82 Å². The standard InChI is InChI=1S/C21H36FN5/c1-4-23-21(24-13-7-8-14-25(5-2)6-3)27-17-15-26(16-18-27)20-11-9-19(22)10-12-20/h9-12H,4-8,13-18H2,1-3H3,(H,23,24). The maximum absolute atomic E-state index is 13.1. The molecule has 0 atom stereocenters. The average molecular weight is 378 g/mol. The number of unbranched alkanes of at least 4 members (excludes halogenated alkanes) is 1. The van der Waals surface area contributed by atoms with Crippen molar-refractivity contribution in [2.75, 3.05) is 63.8 Å². The Labute approximate surface area is 164 Å². The topological polar surface area (TPSA) is 34.1 Å². The minimum Gasteiger partial charge on any atom is -0.368 e. The first-order valence-corrected chi connectivity index (χ1v) is 10.4. The normalized spacial score (nSPS) is 15.5. The molecule has 152 valence electrons. The van der Waals surface area contributed by atoms with Gasteiger partial charge in [-0.1, -0.05) is 13.8 Å². The predicted molar refractivity (Wildman–Crippen MR) is 113 cm³/mol. The number of rotatable bonds is 9. The number of hydrogen-bond acceptors (Lipinski definition) is 3. The number of benzene rings is 1. The fourth-order valence-corrected chi connectivity index (χ4v) is 3.43. The zero-order valence-corrected chi connectivity index (χ0v) is 17.3. The Bertz CT molecular complexity index is 548. The Morgan fingerprint density at radius 1 is 1.04 bits per heavy atom. The number of anilines is 1. The van der Waals surface area contributed by atoms with Gasteiger partial charge in [0, 0.05) is 45.0 Å². The van der Waals surface area contributed by atoms with E-state index in [0.29, 0.717) is 0 Å². The van der Waals surface area contributed by atoms with Crippen LogP contribution >= 0.6 is 0 Å². The van der Waals surface area contributed by atoms with Gasteiger partial charge in [0.15, 0.2) is 5.96 Å². The maximum Gasteiger partial charge on any atom is 0.194 e. The van der Waals surface area contributed by atoms with E-state index in [4.69, 9.17) is 4.99 Å². The van der Waals surface area contributed by atoms with E-state index < -0.39 is 0 Å². The number of aliphatic imine (C=N–C) groups is 1. The monoisotopic (exact) mass is 377 g/mol. The second-order valence-corrected chi connectivity index (χ2v) is 6.92. The fourth-order valence-electron chi connectivity index (χ4n) is 3.43. The van der Waals surface area contributed by atoms with Gasteiger partial charge >= 0.3 is 0 Å². The van der Waals surface area contributed by atoms with Gasteiger partial charge in [-0.3, -0.25) is 4.99 Å². The molecule has 0 spiro atoms. The van der Waals surface area contributed by atoms with Crippen molar-refractivity contribution in [1.29, 1.82) is 0 Å². The summed E-state index contributed by atoms with van der Waals surface area (Å²) in [4.78, 5) is 12.0. The minimum absolute atomic E-state index is 0.181. The van der Waals surface area contributed by atoms with Crippen LogP contribution in [0, 0.1) is 5.82 Å². The molecule has 1 fully saturated rings. The molecule has 1 aromatic carbocycles. The quantitative estimate of drug-likeness (QED) is 0.407. The molecule has 1 aromatic rings. The number of nitrogens with one attached hydrogen (secondary N) is 1. The molecule has 0 bridgehead atoms. The van der Waals surface area contributed by atoms with Crippen LogP contribution in [0.4, 0.5) is 10.1 Å². The molecule has 0 unspecified atom stereocenters. The van der Waals surface area contributed by atoms with E-state index in [0.717, 1.165) is 77.0 Å². The molecular formula is C21H36FN5. The molecule has 5 nitrogen and oxygen atoms in total. The molecule has 1 aliphatic heterocycles. The van der Waals surface area contributed by atoms with Crippen molar-refractivity contribution in [3.8, 4) is 0 Å². The van der Waals surface area contributed by atoms with Crippen molar-refractivity contribution in [2.45, 2.75) is 33.6 Å². The number of piperazine rings is 1. The number of guanidine groups is 1. The van der Waals surface area contributed by atoms with E-state index in [2.05, 4.69) is 40.8 Å². The van der Waals surface area contributed by atoms with Crippen LogP contribution in [0.15, 0.2) is 29.3 Å². The summed E-state index contributed by atoms with van der Waals surface area (Å²) in [7, 11) is 0. The summed E-state index contributed by atoms with van der Waals surface area (Å²) >= 11 is 0. The molecule has 0 radical (unpaired) electrons. The first-order valence-electron chi connectivity index (χ1n) is 10.4. The molecular weight excluding hydrogens is 341 g/mol. The van der Waals surface area contributed by atoms with Crippen molar-refractivity contribution in [3.63, 3.8) is 0 Å². The van der Waals surface area contributed by atoms with Crippen LogP contribution in [-0.2, 0) is 0 Å². The highest BCUT2D eigenvalue weighted by Gasteiger charge is 2.19. The third-order valence-corrected chi connectivity index (χ3v) is 5.14. The second kappa shape index (κ2) is 11.8. The summed E-state index contributed by atoms with van der Waals surface area (Å²) < 4.78 is 13.1. The van der Waals surface area contributed by atoms with Gasteiger partial charge in [0.25, 0.3) is 0 Å². The van der Waals surface area contributed by atoms with Crippen LogP contribution in [0.1, 0.15) is 33.6 Å². The fraction of sp³-hybridized carbons (Fsp3) is 0.667. The van der Waals surface area contributed by atoms with Crippen LogP contribution in [-0.4, -0.2) is 74.7 Å². The van der Waals surface area contributed by atoms with Crippen LogP contribution < -0.4 is 10.2 Å². The molecule has 1 aliphatic rings. The van der Waals surface area contributed by atoms with Gasteiger partial charge in [0.05, 0.1) is 0 Å². The molecule has 0 amide bonds. The lowest BCUT2D eigenvalue weighted by Gasteiger charge is -2.37. The smallest absolute Gasteiger partial charge is 0.194 e. The highest BCUT2D eigenvalue weighted by molar-refractivity contribution is 5.80. The molecule has 1 saturated heterocycles. The molecule has 1 heterocycles. The van der Waals surface area contributed by atoms with Gasteiger partial charge in [-0.05, 0) is 63.7 Å². The molecule has 0 saturated carbocycles. The van der Waals surface area contributed by atoms with Crippen molar-refractivity contribution < 1.29 is 4.39 Å². The average Bonchev–Trinajstić information content (AvgIpc) is 2.71. The summed E-state index contributed by atoms with van der Waals surface area (Å²) in [5.74, 6) is 0.846. The van der Waals surface area contributed by atoms with Crippen LogP contribution in [0.3, 0.4) is 0 Å². The predicted octanol–water partition coefficient (Wildman–Crippen LogP) is 3.04. The van der Waals surface area contributed by atoms with Crippen LogP contribution in [0.5, 0.6) is 0 Å². The first kappa shape index (κ1) is 21.5. The molecule has 6 heteroatoms. The maximum atomic E-state index is 13.1. The third-order valence-electron chi connectivity index (χ3n) is 5.14. The lowest BCUT2D eigenvalue weighted by atomic mass is 10.2. The van der Waals surface area contributed by atoms with Crippen molar-refractivity contribution in [2.24, 2.45) is 4.99 Å². The Balaban J connectivity index is 1.80. The van der Waals surface area contributed by atoms with Gasteiger partial charge in [0.2, 0.25) is 0 Å². The first-order chi connectivity index (χ1) is 13.2. The lowest BCUT2D eigenvalue weighted by molar-refractivity contribution is 0.297. The Kier molecular flexibility index (Phi) is 9.39. The Morgan fingerprint density at radius 3 is 2.30 bits per heavy atom. The summed E-state index contributed by atoms with van der Waals surface area (Å²) in [6.07, 6.45) is 2.32. The summed E-state index contributed by atoms with van der Waals surface area (Å²) in [5, 5.41) is 3.43. The third kappa shape index (κ3) is 7.01. The van der Waals surface area contributed by atoms with E-state index in [1.165, 1.54) is 18.6 Å². The van der Waals surface area contributed by atoms with Gasteiger partial charge in [0.1, 0.15) is 5.82 Å². The van der Waals surface area contributed by atoms with Gasteiger partial charge in [-0.2, -0.15) is 0 Å². The summed E-state index contributed by atoms with van der Waals surface area (Å²) in [5.41, 5.74) is 1.09. The van der Waals surface area contributed by atoms with E-state index in [1.54, 1.807) is 0 Å². The van der Waals surface area contributed by atoms with E-state index in [1.807, 2.05) is 12.1 Å². The molecule has 0 aliphatic carbocycles. The second-order valence-electron chi connectivity index (χ2n) is 6.92. The highest BCUT2D eigenvalue weighted by atomic mass is 19.1. The summed E-state index contributed by atoms with van der Waals surface area (Å²) in [6, 6.07) is 6.79. The Morgan fingerprint density at radius 2 is 1.70 bits per heavy atom. The SMILES string of the molecule is CCNC(=NCCCCN(CC)CC)N1CCN(c2ccc(F)cc2)CC1. The minimum atomic E-state index is -0.181. The van der Waals surface area contributed by atoms with Gasteiger partial charge < -0.3 is 20.0 Å². The molecule has 1 N–H and O–H groups in total. The zero-order chi connectivity index (χ0) is 19.5. The van der Waals surface area contributed by atoms with Gasteiger partial charge in [-0.25, -0.2) is 4.39 Å². The molecule has 0 aromatic heterocycles. The van der Waals surface area contributed by atoms with Gasteiger partial charge in [-0.15, -0.1) is 0 Å². The number of hydrogen-bond donors (Lipinski definition) is 1. The van der Waals surface area contributed by atoms with Crippen LogP contribution in [0.2, 0.25) is 0 Å². The van der Waals surface area contributed by atoms with Crippen LogP contribution in [0.25, 0.3) is 0 Å². The lowest BCUT2D eigenvalue weighted by Crippen LogP contribution is -2.52. The van der Waals surface area contributed by atoms with Crippen molar-refractivity contribution in [1.82, 2.24) is 15.1 Å². The Hall–Kier alpha value is -1.82. The van der Waals surface area contributed by atoms with E-state index in [9.17, 15) is 4.39 Å².